The summed E-state index contributed by atoms with van der Waals surface area (Å²) >= 11 is 0. The third-order valence-corrected chi connectivity index (χ3v) is 5.76. The molecule has 28 heavy (non-hydrogen) atoms. The van der Waals surface area contributed by atoms with Crippen LogP contribution < -0.4 is 5.32 Å². The zero-order chi connectivity index (χ0) is 19.7. The third-order valence-electron chi connectivity index (χ3n) is 5.76. The van der Waals surface area contributed by atoms with E-state index < -0.39 is 0 Å². The first-order chi connectivity index (χ1) is 13.5. The minimum absolute atomic E-state index is 0.0372. The topological polar surface area (TPSA) is 65.5 Å². The zero-order valence-corrected chi connectivity index (χ0v) is 15.8. The predicted octanol–water partition coefficient (Wildman–Crippen LogP) is 3.12. The fourth-order valence-corrected chi connectivity index (χ4v) is 4.03. The Bertz CT molecular complexity index is 874. The molecule has 0 bridgehead atoms. The van der Waals surface area contributed by atoms with E-state index in [0.29, 0.717) is 25.3 Å². The zero-order valence-electron chi connectivity index (χ0n) is 15.8. The molecule has 146 valence electrons. The molecule has 1 saturated heterocycles. The van der Waals surface area contributed by atoms with Crippen molar-refractivity contribution >= 4 is 17.6 Å². The first kappa shape index (κ1) is 18.4. The Kier molecular flexibility index (Phi) is 4.75. The Labute approximate surface area is 163 Å². The lowest BCUT2D eigenvalue weighted by molar-refractivity contribution is -0.132. The highest BCUT2D eigenvalue weighted by atomic mass is 19.1. The summed E-state index contributed by atoms with van der Waals surface area (Å²) in [6.07, 6.45) is 3.37. The van der Waals surface area contributed by atoms with Gasteiger partial charge in [0.1, 0.15) is 5.82 Å². The quantitative estimate of drug-likeness (QED) is 0.884. The van der Waals surface area contributed by atoms with Crippen LogP contribution in [0, 0.1) is 17.2 Å². The number of pyridine rings is 1. The molecule has 1 aromatic carbocycles. The van der Waals surface area contributed by atoms with Crippen LogP contribution in [0.1, 0.15) is 18.5 Å². The highest BCUT2D eigenvalue weighted by Gasteiger charge is 2.61. The highest BCUT2D eigenvalue weighted by molar-refractivity contribution is 5.90. The second-order valence-corrected chi connectivity index (χ2v) is 7.74. The lowest BCUT2D eigenvalue weighted by Gasteiger charge is -2.20. The molecule has 0 radical (unpaired) electrons. The van der Waals surface area contributed by atoms with Crippen LogP contribution in [0.5, 0.6) is 0 Å². The maximum Gasteiger partial charge on any atom is 0.321 e. The van der Waals surface area contributed by atoms with E-state index in [0.717, 1.165) is 18.5 Å². The number of likely N-dealkylation sites (tertiary alicyclic amines) is 1. The van der Waals surface area contributed by atoms with E-state index in [1.165, 1.54) is 24.3 Å². The smallest absolute Gasteiger partial charge is 0.321 e. The molecule has 2 aliphatic rings. The van der Waals surface area contributed by atoms with Gasteiger partial charge in [-0.2, -0.15) is 0 Å². The number of urea groups is 1. The van der Waals surface area contributed by atoms with Crippen LogP contribution in [0.3, 0.4) is 0 Å². The Morgan fingerprint density at radius 3 is 2.79 bits per heavy atom. The van der Waals surface area contributed by atoms with Crippen molar-refractivity contribution in [1.29, 1.82) is 0 Å². The van der Waals surface area contributed by atoms with E-state index in [9.17, 15) is 14.0 Å². The molecule has 1 N–H and O–H groups in total. The van der Waals surface area contributed by atoms with Crippen LogP contribution >= 0.6 is 0 Å². The maximum atomic E-state index is 13.0. The van der Waals surface area contributed by atoms with Gasteiger partial charge in [-0.3, -0.25) is 9.78 Å². The molecule has 1 aliphatic carbocycles. The van der Waals surface area contributed by atoms with Crippen molar-refractivity contribution in [1.82, 2.24) is 14.8 Å². The average Bonchev–Trinajstić information content (AvgIpc) is 3.22. The first-order valence-corrected chi connectivity index (χ1v) is 9.43. The van der Waals surface area contributed by atoms with Crippen molar-refractivity contribution in [3.63, 3.8) is 0 Å². The molecule has 4 rings (SSSR count). The van der Waals surface area contributed by atoms with E-state index in [4.69, 9.17) is 0 Å². The SMILES string of the molecule is CN(Cc1ccccn1)C(=O)[C@@H]1C[C@@]12CCN(C(=O)Nc1ccc(F)cc1)C2. The molecule has 1 spiro atoms. The van der Waals surface area contributed by atoms with Gasteiger partial charge >= 0.3 is 6.03 Å². The van der Waals surface area contributed by atoms with Crippen molar-refractivity contribution in [3.05, 3.63) is 60.2 Å². The van der Waals surface area contributed by atoms with Gasteiger partial charge < -0.3 is 15.1 Å². The molecule has 1 saturated carbocycles. The standard InChI is InChI=1S/C21H23FN4O2/c1-25(13-17-4-2-3-10-23-17)19(27)18-12-21(18)9-11-26(14-21)20(28)24-16-7-5-15(22)6-8-16/h2-8,10,18H,9,11-14H2,1H3,(H,24,28)/t18-,21+/m0/s1. The number of amides is 3. The Morgan fingerprint density at radius 1 is 1.29 bits per heavy atom. The van der Waals surface area contributed by atoms with Gasteiger partial charge in [-0.1, -0.05) is 6.07 Å². The van der Waals surface area contributed by atoms with Crippen LogP contribution in [-0.4, -0.2) is 46.9 Å². The second-order valence-electron chi connectivity index (χ2n) is 7.74. The molecule has 2 heterocycles. The van der Waals surface area contributed by atoms with Crippen molar-refractivity contribution in [3.8, 4) is 0 Å². The first-order valence-electron chi connectivity index (χ1n) is 9.43. The van der Waals surface area contributed by atoms with Crippen LogP contribution in [0.2, 0.25) is 0 Å². The Morgan fingerprint density at radius 2 is 2.07 bits per heavy atom. The lowest BCUT2D eigenvalue weighted by atomic mass is 10.0. The van der Waals surface area contributed by atoms with Crippen LogP contribution in [0.4, 0.5) is 14.9 Å². The summed E-state index contributed by atoms with van der Waals surface area (Å²) < 4.78 is 13.0. The number of hydrogen-bond donors (Lipinski definition) is 1. The molecule has 0 unspecified atom stereocenters. The van der Waals surface area contributed by atoms with E-state index in [1.807, 2.05) is 18.2 Å². The molecule has 1 aromatic heterocycles. The number of aromatic nitrogens is 1. The number of anilines is 1. The summed E-state index contributed by atoms with van der Waals surface area (Å²) in [6, 6.07) is 11.2. The number of halogens is 1. The summed E-state index contributed by atoms with van der Waals surface area (Å²) in [5.74, 6) is -0.261. The summed E-state index contributed by atoms with van der Waals surface area (Å²) in [5.41, 5.74) is 1.32. The lowest BCUT2D eigenvalue weighted by Crippen LogP contribution is -2.34. The second kappa shape index (κ2) is 7.22. The van der Waals surface area contributed by atoms with Crippen molar-refractivity contribution < 1.29 is 14.0 Å². The summed E-state index contributed by atoms with van der Waals surface area (Å²) in [4.78, 5) is 33.0. The van der Waals surface area contributed by atoms with Gasteiger partial charge in [0.25, 0.3) is 0 Å². The normalized spacial score (nSPS) is 22.9. The van der Waals surface area contributed by atoms with Gasteiger partial charge in [-0.15, -0.1) is 0 Å². The van der Waals surface area contributed by atoms with Gasteiger partial charge in [0, 0.05) is 43.4 Å². The summed E-state index contributed by atoms with van der Waals surface area (Å²) in [5, 5.41) is 2.79. The number of hydrogen-bond acceptors (Lipinski definition) is 3. The van der Waals surface area contributed by atoms with Crippen LogP contribution in [-0.2, 0) is 11.3 Å². The minimum Gasteiger partial charge on any atom is -0.340 e. The number of carbonyl (C=O) groups is 2. The fourth-order valence-electron chi connectivity index (χ4n) is 4.03. The van der Waals surface area contributed by atoms with Crippen molar-refractivity contribution in [2.75, 3.05) is 25.5 Å². The van der Waals surface area contributed by atoms with E-state index in [2.05, 4.69) is 10.3 Å². The monoisotopic (exact) mass is 382 g/mol. The molecule has 2 aromatic rings. The van der Waals surface area contributed by atoms with E-state index >= 15 is 0 Å². The van der Waals surface area contributed by atoms with Gasteiger partial charge in [0.2, 0.25) is 5.91 Å². The summed E-state index contributed by atoms with van der Waals surface area (Å²) in [7, 11) is 1.80. The van der Waals surface area contributed by atoms with Gasteiger partial charge in [-0.25, -0.2) is 9.18 Å². The maximum absolute atomic E-state index is 13.0. The molecule has 2 fully saturated rings. The molecule has 7 heteroatoms. The Hall–Kier alpha value is -2.96. The van der Waals surface area contributed by atoms with Gasteiger partial charge in [0.05, 0.1) is 12.2 Å². The van der Waals surface area contributed by atoms with Gasteiger partial charge in [-0.05, 0) is 49.2 Å². The fraction of sp³-hybridized carbons (Fsp3) is 0.381. The molecular formula is C21H23FN4O2. The number of nitrogens with one attached hydrogen (secondary N) is 1. The van der Waals surface area contributed by atoms with Crippen molar-refractivity contribution in [2.24, 2.45) is 11.3 Å². The third kappa shape index (κ3) is 3.69. The minimum atomic E-state index is -0.340. The number of carbonyl (C=O) groups excluding carboxylic acids is 2. The largest absolute Gasteiger partial charge is 0.340 e. The molecule has 6 nitrogen and oxygen atoms in total. The van der Waals surface area contributed by atoms with E-state index in [1.54, 1.807) is 23.0 Å². The van der Waals surface area contributed by atoms with Gasteiger partial charge in [0.15, 0.2) is 0 Å². The van der Waals surface area contributed by atoms with Crippen LogP contribution in [0.15, 0.2) is 48.7 Å². The predicted molar refractivity (Wildman–Crippen MR) is 103 cm³/mol. The molecule has 2 atom stereocenters. The van der Waals surface area contributed by atoms with Crippen molar-refractivity contribution in [2.45, 2.75) is 19.4 Å². The Balaban J connectivity index is 1.32. The molecular weight excluding hydrogens is 359 g/mol. The number of benzene rings is 1. The highest BCUT2D eigenvalue weighted by Crippen LogP contribution is 2.59. The van der Waals surface area contributed by atoms with Crippen LogP contribution in [0.25, 0.3) is 0 Å². The van der Waals surface area contributed by atoms with E-state index in [-0.39, 0.29) is 29.1 Å². The average molecular weight is 382 g/mol. The summed E-state index contributed by atoms with van der Waals surface area (Å²) in [6.45, 7) is 1.69. The molecule has 1 aliphatic heterocycles. The number of nitrogens with zero attached hydrogens (tertiary/aromatic N) is 3. The number of rotatable bonds is 4. The molecule has 3 amide bonds.